The van der Waals surface area contributed by atoms with Crippen molar-refractivity contribution in [3.05, 3.63) is 24.3 Å². The lowest BCUT2D eigenvalue weighted by Gasteiger charge is -2.20. The Morgan fingerprint density at radius 2 is 2.00 bits per heavy atom. The second-order valence-corrected chi connectivity index (χ2v) is 3.27. The highest BCUT2D eigenvalue weighted by Crippen LogP contribution is 2.17. The first-order valence-corrected chi connectivity index (χ1v) is 3.76. The van der Waals surface area contributed by atoms with E-state index >= 15 is 0 Å². The number of nitrogens with two attached hydrogens (primary N) is 1. The molecule has 1 rings (SSSR count). The molecule has 1 aromatic heterocycles. The molecule has 0 saturated heterocycles. The number of hydrogen-bond acceptors (Lipinski definition) is 4. The molecule has 2 N–H and O–H groups in total. The molecule has 0 radical (unpaired) electrons. The predicted octanol–water partition coefficient (Wildman–Crippen LogP) is 0.644. The molecule has 0 bridgehead atoms. The van der Waals surface area contributed by atoms with E-state index in [9.17, 15) is 0 Å². The molecule has 0 aromatic carbocycles. The van der Waals surface area contributed by atoms with Crippen molar-refractivity contribution in [3.8, 4) is 0 Å². The fourth-order valence-electron chi connectivity index (χ4n) is 0.921. The second-order valence-electron chi connectivity index (χ2n) is 3.27. The molecule has 0 atom stereocenters. The summed E-state index contributed by atoms with van der Waals surface area (Å²) in [6, 6.07) is 1.78. The maximum atomic E-state index is 5.00. The molecule has 1 heterocycles. The van der Waals surface area contributed by atoms with Gasteiger partial charge in [0.15, 0.2) is 0 Å². The minimum atomic E-state index is -0.226. The Bertz CT molecular complexity index is 235. The highest BCUT2D eigenvalue weighted by molar-refractivity contribution is 5.03. The molecule has 0 aliphatic heterocycles. The van der Waals surface area contributed by atoms with Gasteiger partial charge in [-0.3, -0.25) is 0 Å². The van der Waals surface area contributed by atoms with E-state index in [1.807, 2.05) is 13.8 Å². The zero-order chi connectivity index (χ0) is 9.03. The Morgan fingerprint density at radius 1 is 1.42 bits per heavy atom. The highest BCUT2D eigenvalue weighted by atomic mass is 16.6. The van der Waals surface area contributed by atoms with Crippen molar-refractivity contribution in [2.75, 3.05) is 6.61 Å². The van der Waals surface area contributed by atoms with Gasteiger partial charge in [-0.15, -0.1) is 0 Å². The van der Waals surface area contributed by atoms with Gasteiger partial charge >= 0.3 is 0 Å². The Morgan fingerprint density at radius 3 is 2.50 bits per heavy atom. The van der Waals surface area contributed by atoms with Crippen molar-refractivity contribution < 1.29 is 4.84 Å². The van der Waals surface area contributed by atoms with Crippen molar-refractivity contribution in [3.63, 3.8) is 0 Å². The van der Waals surface area contributed by atoms with Gasteiger partial charge in [-0.05, 0) is 6.07 Å². The molecule has 66 valence electrons. The van der Waals surface area contributed by atoms with Crippen LogP contribution in [0.15, 0.2) is 18.5 Å². The van der Waals surface area contributed by atoms with Crippen molar-refractivity contribution in [1.29, 1.82) is 0 Å². The number of nitrogens with zero attached hydrogens (tertiary/aromatic N) is 2. The van der Waals surface area contributed by atoms with Crippen LogP contribution in [0.1, 0.15) is 19.7 Å². The molecular formula is C8H13N3O. The molecule has 0 fully saturated rings. The molecule has 0 spiro atoms. The molecule has 1 aromatic rings. The van der Waals surface area contributed by atoms with Gasteiger partial charge in [0.1, 0.15) is 5.82 Å². The molecule has 4 nitrogen and oxygen atoms in total. The van der Waals surface area contributed by atoms with Gasteiger partial charge in [0.25, 0.3) is 0 Å². The van der Waals surface area contributed by atoms with Crippen LogP contribution in [0.25, 0.3) is 0 Å². The van der Waals surface area contributed by atoms with E-state index in [0.717, 1.165) is 5.82 Å². The fourth-order valence-corrected chi connectivity index (χ4v) is 0.921. The van der Waals surface area contributed by atoms with Crippen LogP contribution in [0.2, 0.25) is 0 Å². The summed E-state index contributed by atoms with van der Waals surface area (Å²) in [5.41, 5.74) is -0.226. The van der Waals surface area contributed by atoms with Gasteiger partial charge in [0.2, 0.25) is 0 Å². The van der Waals surface area contributed by atoms with Gasteiger partial charge in [-0.25, -0.2) is 15.9 Å². The Labute approximate surface area is 71.7 Å². The monoisotopic (exact) mass is 167 g/mol. The molecule has 4 heteroatoms. The smallest absolute Gasteiger partial charge is 0.136 e. The number of aromatic nitrogens is 2. The standard InChI is InChI=1S/C8H13N3O/c1-8(2,6-12-9)7-10-4-3-5-11-7/h3-5H,6,9H2,1-2H3. The largest absolute Gasteiger partial charge is 0.304 e. The zero-order valence-electron chi connectivity index (χ0n) is 7.32. The summed E-state index contributed by atoms with van der Waals surface area (Å²) in [5.74, 6) is 5.74. The van der Waals surface area contributed by atoms with Gasteiger partial charge in [0, 0.05) is 17.8 Å². The van der Waals surface area contributed by atoms with Crippen LogP contribution in [0.3, 0.4) is 0 Å². The maximum Gasteiger partial charge on any atom is 0.136 e. The summed E-state index contributed by atoms with van der Waals surface area (Å²) >= 11 is 0. The van der Waals surface area contributed by atoms with Crippen LogP contribution in [-0.4, -0.2) is 16.6 Å². The number of rotatable bonds is 3. The topological polar surface area (TPSA) is 61.0 Å². The summed E-state index contributed by atoms with van der Waals surface area (Å²) in [6.07, 6.45) is 3.42. The average Bonchev–Trinajstić information content (AvgIpc) is 2.06. The molecular weight excluding hydrogens is 154 g/mol. The van der Waals surface area contributed by atoms with E-state index in [0.29, 0.717) is 6.61 Å². The average molecular weight is 167 g/mol. The van der Waals surface area contributed by atoms with E-state index in [4.69, 9.17) is 5.90 Å². The van der Waals surface area contributed by atoms with E-state index in [1.54, 1.807) is 18.5 Å². The lowest BCUT2D eigenvalue weighted by Crippen LogP contribution is -2.28. The molecule has 0 aliphatic rings. The molecule has 12 heavy (non-hydrogen) atoms. The normalized spacial score (nSPS) is 11.6. The first-order chi connectivity index (χ1) is 5.67. The Kier molecular flexibility index (Phi) is 2.73. The van der Waals surface area contributed by atoms with Gasteiger partial charge < -0.3 is 4.84 Å². The summed E-state index contributed by atoms with van der Waals surface area (Å²) in [5, 5.41) is 0. The minimum Gasteiger partial charge on any atom is -0.304 e. The van der Waals surface area contributed by atoms with Crippen molar-refractivity contribution in [2.45, 2.75) is 19.3 Å². The third-order valence-electron chi connectivity index (χ3n) is 1.62. The second kappa shape index (κ2) is 3.60. The first-order valence-electron chi connectivity index (χ1n) is 3.76. The van der Waals surface area contributed by atoms with E-state index in [1.165, 1.54) is 0 Å². The summed E-state index contributed by atoms with van der Waals surface area (Å²) in [7, 11) is 0. The van der Waals surface area contributed by atoms with Crippen LogP contribution in [0.5, 0.6) is 0 Å². The Hall–Kier alpha value is -1.00. The van der Waals surface area contributed by atoms with Gasteiger partial charge in [-0.2, -0.15) is 0 Å². The van der Waals surface area contributed by atoms with E-state index < -0.39 is 0 Å². The predicted molar refractivity (Wildman–Crippen MR) is 45.2 cm³/mol. The van der Waals surface area contributed by atoms with Crippen LogP contribution in [0, 0.1) is 0 Å². The third-order valence-corrected chi connectivity index (χ3v) is 1.62. The van der Waals surface area contributed by atoms with Gasteiger partial charge in [0.05, 0.1) is 6.61 Å². The van der Waals surface area contributed by atoms with E-state index in [-0.39, 0.29) is 5.41 Å². The van der Waals surface area contributed by atoms with Crippen molar-refractivity contribution in [1.82, 2.24) is 9.97 Å². The van der Waals surface area contributed by atoms with Crippen molar-refractivity contribution in [2.24, 2.45) is 5.90 Å². The summed E-state index contributed by atoms with van der Waals surface area (Å²) < 4.78 is 0. The molecule has 0 saturated carbocycles. The molecule has 0 unspecified atom stereocenters. The fraction of sp³-hybridized carbons (Fsp3) is 0.500. The zero-order valence-corrected chi connectivity index (χ0v) is 7.32. The third kappa shape index (κ3) is 1.99. The van der Waals surface area contributed by atoms with Crippen LogP contribution in [0.4, 0.5) is 0 Å². The summed E-state index contributed by atoms with van der Waals surface area (Å²) in [6.45, 7) is 4.38. The van der Waals surface area contributed by atoms with Crippen LogP contribution >= 0.6 is 0 Å². The maximum absolute atomic E-state index is 5.00. The van der Waals surface area contributed by atoms with Gasteiger partial charge in [-0.1, -0.05) is 13.8 Å². The SMILES string of the molecule is CC(C)(CON)c1ncccn1. The van der Waals surface area contributed by atoms with Crippen LogP contribution in [-0.2, 0) is 10.3 Å². The molecule has 0 aliphatic carbocycles. The van der Waals surface area contributed by atoms with Crippen LogP contribution < -0.4 is 5.90 Å². The number of hydrogen-bond donors (Lipinski definition) is 1. The minimum absolute atomic E-state index is 0.226. The van der Waals surface area contributed by atoms with Crippen molar-refractivity contribution >= 4 is 0 Å². The first kappa shape index (κ1) is 9.09. The quantitative estimate of drug-likeness (QED) is 0.671. The Balaban J connectivity index is 2.82. The highest BCUT2D eigenvalue weighted by Gasteiger charge is 2.23. The molecule has 0 amide bonds. The lowest BCUT2D eigenvalue weighted by atomic mass is 9.94. The lowest BCUT2D eigenvalue weighted by molar-refractivity contribution is 0.0932. The van der Waals surface area contributed by atoms with E-state index in [2.05, 4.69) is 14.8 Å². The summed E-state index contributed by atoms with van der Waals surface area (Å²) in [4.78, 5) is 12.8.